The number of para-hydroxylation sites is 1. The number of aliphatic hydroxyl groups excluding tert-OH is 1. The number of aromatic nitrogens is 1. The molecule has 0 unspecified atom stereocenters. The molecule has 1 saturated heterocycles. The van der Waals surface area contributed by atoms with Crippen LogP contribution in [-0.4, -0.2) is 22.7 Å². The van der Waals surface area contributed by atoms with Gasteiger partial charge in [0.05, 0.1) is 17.2 Å². The van der Waals surface area contributed by atoms with Crippen LogP contribution in [0.1, 0.15) is 36.5 Å². The molecule has 1 fully saturated rings. The van der Waals surface area contributed by atoms with Crippen molar-refractivity contribution in [3.8, 4) is 0 Å². The van der Waals surface area contributed by atoms with Crippen LogP contribution >= 0.6 is 10.2 Å². The van der Waals surface area contributed by atoms with E-state index in [0.29, 0.717) is 25.5 Å². The number of benzene rings is 1. The molecule has 1 aliphatic rings. The Labute approximate surface area is 154 Å². The average molecular weight is 436 g/mol. The van der Waals surface area contributed by atoms with Crippen molar-refractivity contribution < 1.29 is 37.7 Å². The number of aliphatic hydroxyl groups is 1. The number of hydrogen-bond donors (Lipinski definition) is 2. The minimum absolute atomic E-state index is 0.0367. The summed E-state index contributed by atoms with van der Waals surface area (Å²) in [6.07, 6.45) is -5.13. The van der Waals surface area contributed by atoms with Crippen LogP contribution in [0, 0.1) is 0 Å². The Balaban J connectivity index is 2.33. The molecule has 158 valence electrons. The number of rotatable bonds is 3. The molecule has 2 aromatic rings. The molecule has 0 spiro atoms. The van der Waals surface area contributed by atoms with Gasteiger partial charge in [-0.3, -0.25) is 0 Å². The van der Waals surface area contributed by atoms with Crippen molar-refractivity contribution >= 4 is 21.1 Å². The van der Waals surface area contributed by atoms with Crippen LogP contribution in [0.4, 0.5) is 32.6 Å². The number of alkyl halides is 3. The molecule has 3 nitrogen and oxygen atoms in total. The standard InChI is InChI=1S/C16H16F8N2OS/c17-16(18,19)11-5-3-4-9-10(15(27)12-6-1-2-7-25-12)8-13(26-14(9)11)28(20,21,22,23)24/h3-5,8,12,15,25,27H,1-2,6-7H2/t12-,15-/m1/s1. The molecule has 3 rings (SSSR count). The summed E-state index contributed by atoms with van der Waals surface area (Å²) < 4.78 is 106. The van der Waals surface area contributed by atoms with E-state index in [2.05, 4.69) is 10.3 Å². The highest BCUT2D eigenvalue weighted by Gasteiger charge is 2.67. The first-order chi connectivity index (χ1) is 12.6. The zero-order valence-corrected chi connectivity index (χ0v) is 14.9. The third-order valence-corrected chi connectivity index (χ3v) is 5.60. The third kappa shape index (κ3) is 4.18. The summed E-state index contributed by atoms with van der Waals surface area (Å²) in [5, 5.41) is 10.2. The Hall–Kier alpha value is -1.66. The van der Waals surface area contributed by atoms with Crippen molar-refractivity contribution in [3.63, 3.8) is 0 Å². The summed E-state index contributed by atoms with van der Waals surface area (Å²) >= 11 is 0. The molecular weight excluding hydrogens is 420 g/mol. The second-order valence-corrected chi connectivity index (χ2v) is 9.08. The Kier molecular flexibility index (Phi) is 4.46. The number of nitrogens with one attached hydrogen (secondary N) is 1. The Morgan fingerprint density at radius 1 is 1.11 bits per heavy atom. The van der Waals surface area contributed by atoms with Crippen LogP contribution in [0.25, 0.3) is 10.9 Å². The summed E-state index contributed by atoms with van der Waals surface area (Å²) in [6, 6.07) is 1.59. The van der Waals surface area contributed by atoms with E-state index in [4.69, 9.17) is 0 Å². The molecular formula is C16H16F8N2OS. The highest BCUT2D eigenvalue weighted by atomic mass is 32.5. The maximum absolute atomic E-state index is 13.3. The summed E-state index contributed by atoms with van der Waals surface area (Å²) in [5.74, 6) is 0. The summed E-state index contributed by atoms with van der Waals surface area (Å²) in [4.78, 5) is 2.67. The zero-order valence-electron chi connectivity index (χ0n) is 14.1. The molecule has 1 aromatic carbocycles. The lowest BCUT2D eigenvalue weighted by Gasteiger charge is -2.40. The van der Waals surface area contributed by atoms with E-state index in [-0.39, 0.29) is 6.07 Å². The molecule has 0 radical (unpaired) electrons. The summed E-state index contributed by atoms with van der Waals surface area (Å²) in [6.45, 7) is 0.437. The van der Waals surface area contributed by atoms with Crippen LogP contribution in [0.5, 0.6) is 0 Å². The van der Waals surface area contributed by atoms with Crippen molar-refractivity contribution in [1.82, 2.24) is 10.3 Å². The first-order valence-electron chi connectivity index (χ1n) is 8.24. The van der Waals surface area contributed by atoms with Crippen LogP contribution < -0.4 is 5.32 Å². The fourth-order valence-electron chi connectivity index (χ4n) is 3.29. The van der Waals surface area contributed by atoms with Gasteiger partial charge in [-0.05, 0) is 37.1 Å². The number of halogens is 8. The molecule has 28 heavy (non-hydrogen) atoms. The molecule has 2 heterocycles. The minimum Gasteiger partial charge on any atom is -0.387 e. The quantitative estimate of drug-likeness (QED) is 0.573. The summed E-state index contributed by atoms with van der Waals surface area (Å²) in [5.41, 5.74) is -3.52. The highest BCUT2D eigenvalue weighted by molar-refractivity contribution is 8.45. The lowest BCUT2D eigenvalue weighted by Crippen LogP contribution is -2.39. The van der Waals surface area contributed by atoms with E-state index >= 15 is 0 Å². The molecule has 0 saturated carbocycles. The Morgan fingerprint density at radius 3 is 2.32 bits per heavy atom. The first kappa shape index (κ1) is 21.1. The van der Waals surface area contributed by atoms with Crippen LogP contribution in [-0.2, 0) is 6.18 Å². The predicted octanol–water partition coefficient (Wildman–Crippen LogP) is 6.09. The minimum atomic E-state index is -10.4. The van der Waals surface area contributed by atoms with Crippen molar-refractivity contribution in [1.29, 1.82) is 0 Å². The Bertz CT molecular complexity index is 907. The molecule has 12 heteroatoms. The van der Waals surface area contributed by atoms with Gasteiger partial charge in [0.1, 0.15) is 0 Å². The van der Waals surface area contributed by atoms with Gasteiger partial charge in [0.15, 0.2) is 5.03 Å². The van der Waals surface area contributed by atoms with E-state index in [0.717, 1.165) is 18.6 Å². The largest absolute Gasteiger partial charge is 0.418 e. The van der Waals surface area contributed by atoms with Crippen molar-refractivity contribution in [3.05, 3.63) is 35.4 Å². The molecule has 0 bridgehead atoms. The van der Waals surface area contributed by atoms with E-state index in [1.807, 2.05) is 0 Å². The van der Waals surface area contributed by atoms with Gasteiger partial charge in [0, 0.05) is 11.4 Å². The topological polar surface area (TPSA) is 45.2 Å². The lowest BCUT2D eigenvalue weighted by molar-refractivity contribution is -0.136. The van der Waals surface area contributed by atoms with Crippen LogP contribution in [0.15, 0.2) is 29.3 Å². The normalized spacial score (nSPS) is 22.5. The van der Waals surface area contributed by atoms with Gasteiger partial charge in [0.25, 0.3) is 0 Å². The predicted molar refractivity (Wildman–Crippen MR) is 88.7 cm³/mol. The molecule has 1 aromatic heterocycles. The van der Waals surface area contributed by atoms with Gasteiger partial charge in [-0.25, -0.2) is 4.98 Å². The fourth-order valence-corrected chi connectivity index (χ4v) is 3.90. The fraction of sp³-hybridized carbons (Fsp3) is 0.438. The van der Waals surface area contributed by atoms with Gasteiger partial charge in [0.2, 0.25) is 0 Å². The maximum atomic E-state index is 13.3. The molecule has 2 N–H and O–H groups in total. The maximum Gasteiger partial charge on any atom is 0.418 e. The number of piperidine rings is 1. The smallest absolute Gasteiger partial charge is 0.387 e. The van der Waals surface area contributed by atoms with Gasteiger partial charge in [-0.1, -0.05) is 38.0 Å². The van der Waals surface area contributed by atoms with Gasteiger partial charge >= 0.3 is 16.4 Å². The second-order valence-electron chi connectivity index (χ2n) is 6.72. The van der Waals surface area contributed by atoms with Crippen LogP contribution in [0.2, 0.25) is 0 Å². The van der Waals surface area contributed by atoms with Gasteiger partial charge < -0.3 is 10.4 Å². The molecule has 0 amide bonds. The number of hydrogen-bond acceptors (Lipinski definition) is 3. The van der Waals surface area contributed by atoms with E-state index < -0.39 is 55.6 Å². The Morgan fingerprint density at radius 2 is 1.79 bits per heavy atom. The lowest BCUT2D eigenvalue weighted by atomic mass is 9.92. The highest BCUT2D eigenvalue weighted by Crippen LogP contribution is 3.01. The van der Waals surface area contributed by atoms with Crippen molar-refractivity contribution in [2.45, 2.75) is 42.6 Å². The van der Waals surface area contributed by atoms with Crippen molar-refractivity contribution in [2.75, 3.05) is 6.54 Å². The number of nitrogens with zero attached hydrogens (tertiary/aromatic N) is 1. The van der Waals surface area contributed by atoms with Gasteiger partial charge in [-0.15, -0.1) is 0 Å². The average Bonchev–Trinajstić information content (AvgIpc) is 2.57. The van der Waals surface area contributed by atoms with Gasteiger partial charge in [-0.2, -0.15) is 13.2 Å². The molecule has 2 atom stereocenters. The SMILES string of the molecule is O[C@H](c1cc(S(F)(F)(F)(F)F)nc2c(C(F)(F)F)cccc12)[C@H]1CCCCN1. The second kappa shape index (κ2) is 5.92. The molecule has 0 aliphatic carbocycles. The number of pyridine rings is 1. The first-order valence-corrected chi connectivity index (χ1v) is 10.2. The van der Waals surface area contributed by atoms with E-state index in [1.54, 1.807) is 0 Å². The van der Waals surface area contributed by atoms with E-state index in [1.165, 1.54) is 0 Å². The number of fused-ring (bicyclic) bond motifs is 1. The monoisotopic (exact) mass is 436 g/mol. The van der Waals surface area contributed by atoms with Crippen LogP contribution in [0.3, 0.4) is 0 Å². The zero-order chi connectivity index (χ0) is 21.0. The van der Waals surface area contributed by atoms with E-state index in [9.17, 15) is 37.7 Å². The third-order valence-electron chi connectivity index (χ3n) is 4.60. The molecule has 1 aliphatic heterocycles. The summed E-state index contributed by atoms with van der Waals surface area (Å²) in [7, 11) is -10.4. The van der Waals surface area contributed by atoms with Crippen molar-refractivity contribution in [2.24, 2.45) is 0 Å².